The van der Waals surface area contributed by atoms with Crippen molar-refractivity contribution in [2.45, 2.75) is 0 Å². The van der Waals surface area contributed by atoms with Crippen LogP contribution in [-0.4, -0.2) is 4.98 Å². The Morgan fingerprint density at radius 1 is 0.318 bits per heavy atom. The van der Waals surface area contributed by atoms with Crippen molar-refractivity contribution in [3.8, 4) is 44.8 Å². The predicted octanol–water partition coefficient (Wildman–Crippen LogP) is 11.5. The number of hydrogen-bond acceptors (Lipinski definition) is 3. The Balaban J connectivity index is 1.12. The van der Waals surface area contributed by atoms with E-state index in [9.17, 15) is 0 Å². The molecule has 0 saturated heterocycles. The predicted molar refractivity (Wildman–Crippen MR) is 181 cm³/mol. The van der Waals surface area contributed by atoms with Crippen molar-refractivity contribution in [1.29, 1.82) is 0 Å². The summed E-state index contributed by atoms with van der Waals surface area (Å²) in [5, 5.41) is 4.40. The van der Waals surface area contributed by atoms with E-state index in [0.29, 0.717) is 0 Å². The fourth-order valence-electron chi connectivity index (χ4n) is 6.33. The Bertz CT molecular complexity index is 2410. The Kier molecular flexibility index (Phi) is 5.50. The summed E-state index contributed by atoms with van der Waals surface area (Å²) in [6.07, 6.45) is 0. The first-order valence-electron chi connectivity index (χ1n) is 14.8. The molecule has 3 nitrogen and oxygen atoms in total. The summed E-state index contributed by atoms with van der Waals surface area (Å²) in [6.45, 7) is 0. The van der Waals surface area contributed by atoms with Crippen LogP contribution in [-0.2, 0) is 0 Å². The molecule has 3 heterocycles. The molecule has 0 N–H and O–H groups in total. The molecular weight excluding hydrogens is 538 g/mol. The topological polar surface area (TPSA) is 39.2 Å². The van der Waals surface area contributed by atoms with Gasteiger partial charge in [-0.1, -0.05) is 109 Å². The van der Waals surface area contributed by atoms with Crippen molar-refractivity contribution >= 4 is 43.9 Å². The summed E-state index contributed by atoms with van der Waals surface area (Å²) < 4.78 is 12.5. The van der Waals surface area contributed by atoms with Crippen LogP contribution in [0.25, 0.3) is 88.6 Å². The average molecular weight is 564 g/mol. The lowest BCUT2D eigenvalue weighted by Crippen LogP contribution is -1.91. The highest BCUT2D eigenvalue weighted by Gasteiger charge is 2.17. The van der Waals surface area contributed by atoms with Gasteiger partial charge >= 0.3 is 0 Å². The lowest BCUT2D eigenvalue weighted by Gasteiger charge is -2.11. The standard InChI is InChI=1S/C41H25NO2/c1-3-9-26(10-4-1)31-23-34(28-11-5-2-6-12-28)42-35(24-31)29-17-15-27(16-18-29)30-19-20-33-39(25-30)44-38-22-21-37-40(41(33)38)32-13-7-8-14-36(32)43-37/h1-25H. The van der Waals surface area contributed by atoms with Crippen LogP contribution < -0.4 is 0 Å². The Labute approximate surface area is 253 Å². The number of rotatable bonds is 4. The van der Waals surface area contributed by atoms with E-state index in [1.54, 1.807) is 0 Å². The van der Waals surface area contributed by atoms with Gasteiger partial charge in [0.25, 0.3) is 0 Å². The fourth-order valence-corrected chi connectivity index (χ4v) is 6.33. The largest absolute Gasteiger partial charge is 0.456 e. The number of pyridine rings is 1. The van der Waals surface area contributed by atoms with Crippen LogP contribution in [0.3, 0.4) is 0 Å². The summed E-state index contributed by atoms with van der Waals surface area (Å²) in [6, 6.07) is 52.5. The number of fused-ring (bicyclic) bond motifs is 7. The van der Waals surface area contributed by atoms with E-state index >= 15 is 0 Å². The molecule has 0 fully saturated rings. The monoisotopic (exact) mass is 563 g/mol. The second-order valence-electron chi connectivity index (χ2n) is 11.2. The van der Waals surface area contributed by atoms with Crippen molar-refractivity contribution in [3.63, 3.8) is 0 Å². The molecule has 0 aliphatic rings. The zero-order valence-electron chi connectivity index (χ0n) is 23.7. The van der Waals surface area contributed by atoms with E-state index in [-0.39, 0.29) is 0 Å². The molecule has 0 amide bonds. The molecule has 0 unspecified atom stereocenters. The van der Waals surface area contributed by atoms with Gasteiger partial charge in [0.1, 0.15) is 22.3 Å². The highest BCUT2D eigenvalue weighted by molar-refractivity contribution is 6.25. The smallest absolute Gasteiger partial charge is 0.136 e. The third-order valence-electron chi connectivity index (χ3n) is 8.49. The van der Waals surface area contributed by atoms with E-state index in [0.717, 1.165) is 83.1 Å². The summed E-state index contributed by atoms with van der Waals surface area (Å²) in [7, 11) is 0. The maximum atomic E-state index is 6.39. The molecule has 3 heteroatoms. The van der Waals surface area contributed by atoms with Crippen molar-refractivity contribution < 1.29 is 8.83 Å². The molecular formula is C41H25NO2. The first-order valence-corrected chi connectivity index (χ1v) is 14.8. The Morgan fingerprint density at radius 2 is 0.818 bits per heavy atom. The molecule has 0 bridgehead atoms. The van der Waals surface area contributed by atoms with E-state index in [1.165, 1.54) is 5.56 Å². The van der Waals surface area contributed by atoms with E-state index < -0.39 is 0 Å². The van der Waals surface area contributed by atoms with Gasteiger partial charge in [0.15, 0.2) is 0 Å². The number of benzene rings is 6. The fraction of sp³-hybridized carbons (Fsp3) is 0. The molecule has 6 aromatic carbocycles. The van der Waals surface area contributed by atoms with Crippen LogP contribution in [0.2, 0.25) is 0 Å². The van der Waals surface area contributed by atoms with Gasteiger partial charge in [-0.25, -0.2) is 4.98 Å². The minimum Gasteiger partial charge on any atom is -0.456 e. The van der Waals surface area contributed by atoms with Crippen molar-refractivity contribution in [1.82, 2.24) is 4.98 Å². The second-order valence-corrected chi connectivity index (χ2v) is 11.2. The van der Waals surface area contributed by atoms with Gasteiger partial charge in [-0.15, -0.1) is 0 Å². The minimum atomic E-state index is 0.865. The van der Waals surface area contributed by atoms with E-state index in [4.69, 9.17) is 13.8 Å². The second kappa shape index (κ2) is 9.82. The summed E-state index contributed by atoms with van der Waals surface area (Å²) >= 11 is 0. The van der Waals surface area contributed by atoms with Crippen LogP contribution in [0.1, 0.15) is 0 Å². The van der Waals surface area contributed by atoms with Gasteiger partial charge in [0.05, 0.1) is 11.4 Å². The third kappa shape index (κ3) is 4.02. The molecule has 206 valence electrons. The molecule has 0 aliphatic heterocycles. The number of furan rings is 2. The van der Waals surface area contributed by atoms with Crippen molar-refractivity contribution in [2.75, 3.05) is 0 Å². The minimum absolute atomic E-state index is 0.865. The quantitative estimate of drug-likeness (QED) is 0.214. The lowest BCUT2D eigenvalue weighted by molar-refractivity contribution is 0.663. The number of nitrogens with zero attached hydrogens (tertiary/aromatic N) is 1. The maximum absolute atomic E-state index is 6.39. The average Bonchev–Trinajstić information content (AvgIpc) is 3.66. The van der Waals surface area contributed by atoms with Crippen LogP contribution in [0.4, 0.5) is 0 Å². The van der Waals surface area contributed by atoms with Crippen LogP contribution in [0.15, 0.2) is 160 Å². The van der Waals surface area contributed by atoms with Gasteiger partial charge in [0, 0.05) is 32.7 Å². The summed E-state index contributed by atoms with van der Waals surface area (Å²) in [4.78, 5) is 5.09. The zero-order chi connectivity index (χ0) is 29.0. The molecule has 3 aromatic heterocycles. The summed E-state index contributed by atoms with van der Waals surface area (Å²) in [5.41, 5.74) is 12.1. The molecule has 0 aliphatic carbocycles. The van der Waals surface area contributed by atoms with Gasteiger partial charge < -0.3 is 8.83 Å². The number of aromatic nitrogens is 1. The number of para-hydroxylation sites is 1. The van der Waals surface area contributed by atoms with Gasteiger partial charge in [-0.3, -0.25) is 0 Å². The highest BCUT2D eigenvalue weighted by atomic mass is 16.3. The lowest BCUT2D eigenvalue weighted by atomic mass is 9.98. The highest BCUT2D eigenvalue weighted by Crippen LogP contribution is 2.41. The molecule has 9 aromatic rings. The molecule has 0 radical (unpaired) electrons. The SMILES string of the molecule is c1ccc(-c2cc(-c3ccccc3)nc(-c3ccc(-c4ccc5c(c4)oc4ccc6oc7ccccc7c6c45)cc3)c2)cc1. The molecule has 44 heavy (non-hydrogen) atoms. The zero-order valence-corrected chi connectivity index (χ0v) is 23.7. The van der Waals surface area contributed by atoms with E-state index in [1.807, 2.05) is 36.4 Å². The van der Waals surface area contributed by atoms with Gasteiger partial charge in [0.2, 0.25) is 0 Å². The van der Waals surface area contributed by atoms with Crippen LogP contribution in [0.5, 0.6) is 0 Å². The normalized spacial score (nSPS) is 11.6. The molecule has 0 saturated carbocycles. The first kappa shape index (κ1) is 24.6. The van der Waals surface area contributed by atoms with Crippen molar-refractivity contribution in [2.24, 2.45) is 0 Å². The molecule has 0 spiro atoms. The van der Waals surface area contributed by atoms with E-state index in [2.05, 4.69) is 115 Å². The molecule has 0 atom stereocenters. The van der Waals surface area contributed by atoms with Crippen molar-refractivity contribution in [3.05, 3.63) is 152 Å². The third-order valence-corrected chi connectivity index (χ3v) is 8.49. The van der Waals surface area contributed by atoms with Crippen LogP contribution in [0, 0.1) is 0 Å². The summed E-state index contributed by atoms with van der Waals surface area (Å²) in [5.74, 6) is 0. The van der Waals surface area contributed by atoms with Gasteiger partial charge in [-0.05, 0) is 64.7 Å². The maximum Gasteiger partial charge on any atom is 0.136 e. The van der Waals surface area contributed by atoms with Crippen LogP contribution >= 0.6 is 0 Å². The number of hydrogen-bond donors (Lipinski definition) is 0. The molecule has 9 rings (SSSR count). The Morgan fingerprint density at radius 3 is 1.52 bits per heavy atom. The Hall–Kier alpha value is -5.93. The first-order chi connectivity index (χ1) is 21.8. The van der Waals surface area contributed by atoms with Gasteiger partial charge in [-0.2, -0.15) is 0 Å².